The lowest BCUT2D eigenvalue weighted by Gasteiger charge is -2.26. The Bertz CT molecular complexity index is 4180. The largest absolute Gasteiger partial charge is 0.456 e. The van der Waals surface area contributed by atoms with Crippen LogP contribution in [0, 0.1) is 0 Å². The van der Waals surface area contributed by atoms with Gasteiger partial charge in [0.15, 0.2) is 0 Å². The Morgan fingerprint density at radius 1 is 0.186 bits per heavy atom. The van der Waals surface area contributed by atoms with Crippen molar-refractivity contribution in [2.75, 3.05) is 9.80 Å². The van der Waals surface area contributed by atoms with Gasteiger partial charge in [-0.25, -0.2) is 0 Å². The predicted octanol–water partition coefficient (Wildman–Crippen LogP) is 19.3. The second-order valence-electron chi connectivity index (χ2n) is 18.6. The number of hydrogen-bond donors (Lipinski definition) is 0. The molecule has 15 rings (SSSR count). The van der Waals surface area contributed by atoms with E-state index in [-0.39, 0.29) is 0 Å². The third-order valence-corrected chi connectivity index (χ3v) is 14.4. The molecule has 2 heterocycles. The molecule has 0 saturated heterocycles. The van der Waals surface area contributed by atoms with Crippen LogP contribution in [0.5, 0.6) is 0 Å². The van der Waals surface area contributed by atoms with Crippen molar-refractivity contribution in [2.24, 2.45) is 0 Å². The van der Waals surface area contributed by atoms with Crippen LogP contribution >= 0.6 is 0 Å². The molecule has 0 aliphatic heterocycles. The molecule has 0 amide bonds. The van der Waals surface area contributed by atoms with Crippen molar-refractivity contribution in [1.82, 2.24) is 0 Å². The van der Waals surface area contributed by atoms with Gasteiger partial charge >= 0.3 is 0 Å². The van der Waals surface area contributed by atoms with Crippen LogP contribution in [0.4, 0.5) is 34.1 Å². The lowest BCUT2D eigenvalue weighted by Crippen LogP contribution is -2.10. The van der Waals surface area contributed by atoms with Crippen LogP contribution in [0.25, 0.3) is 109 Å². The predicted molar refractivity (Wildman–Crippen MR) is 295 cm³/mol. The zero-order valence-corrected chi connectivity index (χ0v) is 37.8. The molecule has 2 aromatic heterocycles. The number of hydrogen-bond acceptors (Lipinski definition) is 4. The fraction of sp³-hybridized carbons (Fsp3) is 0. The summed E-state index contributed by atoms with van der Waals surface area (Å²) in [5.41, 5.74) is 9.93. The van der Waals surface area contributed by atoms with E-state index in [0.29, 0.717) is 0 Å². The summed E-state index contributed by atoms with van der Waals surface area (Å²) in [7, 11) is 0. The molecule has 0 bridgehead atoms. The van der Waals surface area contributed by atoms with Crippen molar-refractivity contribution in [1.29, 1.82) is 0 Å². The highest BCUT2D eigenvalue weighted by atomic mass is 16.3. The molecule has 0 atom stereocenters. The highest BCUT2D eigenvalue weighted by molar-refractivity contribution is 6.18. The molecular formula is C66H40N2O2. The summed E-state index contributed by atoms with van der Waals surface area (Å²) < 4.78 is 13.5. The summed E-state index contributed by atoms with van der Waals surface area (Å²) in [5.74, 6) is 0. The molecule has 15 aromatic rings. The first kappa shape index (κ1) is 38.7. The van der Waals surface area contributed by atoms with Crippen LogP contribution in [-0.2, 0) is 0 Å². The first-order valence-electron chi connectivity index (χ1n) is 23.9. The Morgan fingerprint density at radius 3 is 0.729 bits per heavy atom. The summed E-state index contributed by atoms with van der Waals surface area (Å²) in [6.07, 6.45) is 0. The summed E-state index contributed by atoms with van der Waals surface area (Å²) >= 11 is 0. The minimum Gasteiger partial charge on any atom is -0.456 e. The summed E-state index contributed by atoms with van der Waals surface area (Å²) in [6.45, 7) is 0. The number of anilines is 6. The number of rotatable bonds is 6. The average Bonchev–Trinajstić information content (AvgIpc) is 3.94. The zero-order chi connectivity index (χ0) is 45.9. The van der Waals surface area contributed by atoms with Gasteiger partial charge in [-0.2, -0.15) is 0 Å². The van der Waals surface area contributed by atoms with Crippen molar-refractivity contribution in [3.63, 3.8) is 0 Å². The van der Waals surface area contributed by atoms with Crippen LogP contribution in [0.2, 0.25) is 0 Å². The molecule has 0 N–H and O–H groups in total. The van der Waals surface area contributed by atoms with E-state index < -0.39 is 0 Å². The van der Waals surface area contributed by atoms with Gasteiger partial charge in [-0.3, -0.25) is 0 Å². The molecular weight excluding hydrogens is 853 g/mol. The molecule has 0 radical (unpaired) electrons. The van der Waals surface area contributed by atoms with Gasteiger partial charge in [0.05, 0.1) is 0 Å². The Balaban J connectivity index is 0.828. The minimum absolute atomic E-state index is 0.839. The third-order valence-electron chi connectivity index (χ3n) is 14.4. The van der Waals surface area contributed by atoms with Crippen LogP contribution in [0.1, 0.15) is 0 Å². The normalized spacial score (nSPS) is 12.0. The van der Waals surface area contributed by atoms with E-state index >= 15 is 0 Å². The van der Waals surface area contributed by atoms with Crippen LogP contribution < -0.4 is 9.80 Å². The minimum atomic E-state index is 0.839. The van der Waals surface area contributed by atoms with E-state index in [1.807, 2.05) is 0 Å². The molecule has 0 fully saturated rings. The fourth-order valence-electron chi connectivity index (χ4n) is 10.9. The standard InChI is InChI=1S/C66H40N2O2/c1-5-13-45-29-53(23-17-41(45)9-1)67(54-24-18-42-10-2-6-14-46(42)30-54)57-27-21-49-35-59-61-39-66-62(40-65(61)69-63(59)37-51(49)33-57)60-36-50-22-28-58(34-52(50)38-64(60)70-66)68(55-25-19-43-11-3-7-15-47(43)31-55)56-26-20-44-12-4-8-16-48(44)32-56/h1-40H. The van der Waals surface area contributed by atoms with Crippen molar-refractivity contribution in [2.45, 2.75) is 0 Å². The topological polar surface area (TPSA) is 32.8 Å². The Morgan fingerprint density at radius 2 is 0.414 bits per heavy atom. The lowest BCUT2D eigenvalue weighted by atomic mass is 10.0. The van der Waals surface area contributed by atoms with Crippen molar-refractivity contribution >= 4 is 143 Å². The summed E-state index contributed by atoms with van der Waals surface area (Å²) in [5, 5.41) is 18.4. The van der Waals surface area contributed by atoms with Gasteiger partial charge in [0.1, 0.15) is 22.3 Å². The smallest absolute Gasteiger partial charge is 0.136 e. The van der Waals surface area contributed by atoms with E-state index in [2.05, 4.69) is 252 Å². The molecule has 0 unspecified atom stereocenters. The molecule has 0 spiro atoms. The Labute approximate surface area is 402 Å². The molecule has 4 nitrogen and oxygen atoms in total. The molecule has 0 aliphatic carbocycles. The van der Waals surface area contributed by atoms with E-state index in [1.165, 1.54) is 43.1 Å². The highest BCUT2D eigenvalue weighted by Crippen LogP contribution is 2.44. The van der Waals surface area contributed by atoms with Crippen LogP contribution in [0.15, 0.2) is 251 Å². The summed E-state index contributed by atoms with van der Waals surface area (Å²) in [6, 6.07) is 87.8. The van der Waals surface area contributed by atoms with Gasteiger partial charge in [-0.15, -0.1) is 0 Å². The number of furan rings is 2. The summed E-state index contributed by atoms with van der Waals surface area (Å²) in [4.78, 5) is 4.72. The molecule has 0 saturated carbocycles. The fourth-order valence-corrected chi connectivity index (χ4v) is 10.9. The molecule has 4 heteroatoms. The van der Waals surface area contributed by atoms with Gasteiger partial charge in [0.2, 0.25) is 0 Å². The van der Waals surface area contributed by atoms with Crippen molar-refractivity contribution < 1.29 is 8.83 Å². The Hall–Kier alpha value is -9.38. The maximum Gasteiger partial charge on any atom is 0.136 e. The van der Waals surface area contributed by atoms with Gasteiger partial charge < -0.3 is 18.6 Å². The molecule has 70 heavy (non-hydrogen) atoms. The zero-order valence-electron chi connectivity index (χ0n) is 37.8. The van der Waals surface area contributed by atoms with Crippen LogP contribution in [0.3, 0.4) is 0 Å². The van der Waals surface area contributed by atoms with Gasteiger partial charge in [-0.05, 0) is 174 Å². The number of fused-ring (bicyclic) bond motifs is 12. The highest BCUT2D eigenvalue weighted by Gasteiger charge is 2.20. The Kier molecular flexibility index (Phi) is 8.33. The second kappa shape index (κ2) is 15.1. The number of benzene rings is 13. The first-order valence-corrected chi connectivity index (χ1v) is 23.9. The third kappa shape index (κ3) is 6.24. The maximum absolute atomic E-state index is 6.76. The number of nitrogens with zero attached hydrogens (tertiary/aromatic N) is 2. The van der Waals surface area contributed by atoms with Gasteiger partial charge in [0.25, 0.3) is 0 Å². The van der Waals surface area contributed by atoms with Crippen molar-refractivity contribution in [3.8, 4) is 0 Å². The van der Waals surface area contributed by atoms with Gasteiger partial charge in [-0.1, -0.05) is 133 Å². The monoisotopic (exact) mass is 892 g/mol. The van der Waals surface area contributed by atoms with Gasteiger partial charge in [0, 0.05) is 55.7 Å². The lowest BCUT2D eigenvalue weighted by molar-refractivity contribution is 0.664. The van der Waals surface area contributed by atoms with E-state index in [1.54, 1.807) is 0 Å². The average molecular weight is 893 g/mol. The molecule has 13 aromatic carbocycles. The van der Waals surface area contributed by atoms with Crippen LogP contribution in [-0.4, -0.2) is 0 Å². The second-order valence-corrected chi connectivity index (χ2v) is 18.6. The van der Waals surface area contributed by atoms with E-state index in [9.17, 15) is 0 Å². The molecule has 326 valence electrons. The first-order chi connectivity index (χ1) is 34.6. The quantitative estimate of drug-likeness (QED) is 0.166. The van der Waals surface area contributed by atoms with E-state index in [4.69, 9.17) is 8.83 Å². The van der Waals surface area contributed by atoms with Crippen molar-refractivity contribution in [3.05, 3.63) is 243 Å². The SMILES string of the molecule is c1ccc2cc(N(c3ccc4ccccc4c3)c3ccc4cc5c(cc4c3)oc3cc4c(cc35)oc3cc5cc(N(c6ccc7ccccc7c6)c6ccc7ccccc7c6)ccc5cc34)ccc2c1. The maximum atomic E-state index is 6.76. The molecule has 0 aliphatic rings. The van der Waals surface area contributed by atoms with E-state index in [0.717, 1.165) is 99.5 Å².